The van der Waals surface area contributed by atoms with Crippen LogP contribution in [-0.2, 0) is 4.74 Å². The molecule has 1 heterocycles. The molecule has 0 radical (unpaired) electrons. The van der Waals surface area contributed by atoms with E-state index < -0.39 is 0 Å². The van der Waals surface area contributed by atoms with Crippen molar-refractivity contribution in [2.45, 2.75) is 18.9 Å². The summed E-state index contributed by atoms with van der Waals surface area (Å²) >= 11 is 0. The first-order chi connectivity index (χ1) is 6.33. The predicted molar refractivity (Wildman–Crippen MR) is 52.5 cm³/mol. The summed E-state index contributed by atoms with van der Waals surface area (Å²) in [7, 11) is 0. The van der Waals surface area contributed by atoms with Crippen LogP contribution in [0.1, 0.15) is 17.0 Å². The minimum Gasteiger partial charge on any atom is -0.371 e. The molecule has 2 atom stereocenters. The van der Waals surface area contributed by atoms with Crippen molar-refractivity contribution in [3.8, 4) is 12.3 Å². The van der Waals surface area contributed by atoms with E-state index in [9.17, 15) is 0 Å². The van der Waals surface area contributed by atoms with Crippen molar-refractivity contribution in [1.29, 1.82) is 0 Å². The Hall–Kier alpha value is -1.26. The quantitative estimate of drug-likeness (QED) is 0.491. The lowest BCUT2D eigenvalue weighted by Gasteiger charge is -2.10. The van der Waals surface area contributed by atoms with Gasteiger partial charge in [-0.05, 0) is 18.1 Å². The van der Waals surface area contributed by atoms with E-state index in [0.717, 1.165) is 6.61 Å². The van der Waals surface area contributed by atoms with E-state index in [1.54, 1.807) is 0 Å². The first kappa shape index (κ1) is 8.34. The van der Waals surface area contributed by atoms with Gasteiger partial charge in [-0.15, -0.1) is 6.42 Å². The maximum atomic E-state index is 5.48. The molecule has 0 aromatic heterocycles. The Bertz CT molecular complexity index is 344. The van der Waals surface area contributed by atoms with Crippen LogP contribution in [0.3, 0.4) is 0 Å². The minimum absolute atomic E-state index is 0.140. The highest BCUT2D eigenvalue weighted by molar-refractivity contribution is 5.35. The van der Waals surface area contributed by atoms with Crippen molar-refractivity contribution in [2.24, 2.45) is 0 Å². The van der Waals surface area contributed by atoms with E-state index in [4.69, 9.17) is 11.2 Å². The number of benzene rings is 1. The normalized spacial score (nSPS) is 22.0. The van der Waals surface area contributed by atoms with Gasteiger partial charge in [-0.1, -0.05) is 30.2 Å². The van der Waals surface area contributed by atoms with Gasteiger partial charge in [-0.2, -0.15) is 0 Å². The van der Waals surface area contributed by atoms with Gasteiger partial charge < -0.3 is 4.74 Å². The monoisotopic (exact) mass is 172 g/mol. The van der Waals surface area contributed by atoms with Gasteiger partial charge in [0, 0.05) is 0 Å². The van der Waals surface area contributed by atoms with Crippen molar-refractivity contribution < 1.29 is 4.74 Å². The third-order valence-corrected chi connectivity index (χ3v) is 2.43. The van der Waals surface area contributed by atoms with Gasteiger partial charge in [0.1, 0.15) is 0 Å². The summed E-state index contributed by atoms with van der Waals surface area (Å²) in [6.07, 6.45) is 5.74. The van der Waals surface area contributed by atoms with Gasteiger partial charge in [0.2, 0.25) is 0 Å². The molecule has 1 fully saturated rings. The zero-order valence-corrected chi connectivity index (χ0v) is 7.66. The summed E-state index contributed by atoms with van der Waals surface area (Å²) in [6.45, 7) is 2.89. The van der Waals surface area contributed by atoms with Gasteiger partial charge in [0.15, 0.2) is 0 Å². The minimum atomic E-state index is 0.140. The molecule has 1 nitrogen and oxygen atoms in total. The number of hydrogen-bond donors (Lipinski definition) is 0. The van der Waals surface area contributed by atoms with Crippen molar-refractivity contribution in [3.05, 3.63) is 35.4 Å². The summed E-state index contributed by atoms with van der Waals surface area (Å²) in [4.78, 5) is 0. The van der Waals surface area contributed by atoms with Crippen LogP contribution >= 0.6 is 0 Å². The molecule has 0 amide bonds. The zero-order chi connectivity index (χ0) is 9.26. The number of rotatable bonds is 2. The molecule has 0 bridgehead atoms. The fourth-order valence-corrected chi connectivity index (χ4v) is 1.58. The zero-order valence-electron chi connectivity index (χ0n) is 7.66. The second kappa shape index (κ2) is 3.24. The van der Waals surface area contributed by atoms with E-state index in [-0.39, 0.29) is 12.0 Å². The second-order valence-electron chi connectivity index (χ2n) is 3.37. The first-order valence-corrected chi connectivity index (χ1v) is 4.46. The molecule has 1 aliphatic rings. The molecule has 1 saturated heterocycles. The fraction of sp³-hybridized carbons (Fsp3) is 0.333. The Balaban J connectivity index is 2.33. The van der Waals surface area contributed by atoms with E-state index >= 15 is 0 Å². The molecule has 1 aromatic carbocycles. The Morgan fingerprint density at radius 2 is 2.23 bits per heavy atom. The highest BCUT2D eigenvalue weighted by Crippen LogP contribution is 2.30. The number of aryl methyl sites for hydroxylation is 1. The highest BCUT2D eigenvalue weighted by Gasteiger charge is 2.33. The van der Waals surface area contributed by atoms with Crippen LogP contribution in [0, 0.1) is 19.3 Å². The third kappa shape index (κ3) is 1.59. The average Bonchev–Trinajstić information content (AvgIpc) is 2.93. The lowest BCUT2D eigenvalue weighted by atomic mass is 9.93. The van der Waals surface area contributed by atoms with Crippen molar-refractivity contribution in [2.75, 3.05) is 6.61 Å². The third-order valence-electron chi connectivity index (χ3n) is 2.43. The summed E-state index contributed by atoms with van der Waals surface area (Å²) in [5, 5.41) is 0. The van der Waals surface area contributed by atoms with E-state index in [0.29, 0.717) is 0 Å². The summed E-state index contributed by atoms with van der Waals surface area (Å²) in [5.41, 5.74) is 2.48. The molecular formula is C12H12O. The smallest absolute Gasteiger partial charge is 0.0987 e. The number of epoxide rings is 1. The van der Waals surface area contributed by atoms with Gasteiger partial charge in [-0.25, -0.2) is 0 Å². The molecule has 1 aliphatic heterocycles. The Labute approximate surface area is 78.7 Å². The maximum Gasteiger partial charge on any atom is 0.0987 e. The number of terminal acetylenes is 1. The molecule has 66 valence electrons. The Kier molecular flexibility index (Phi) is 2.08. The summed E-state index contributed by atoms with van der Waals surface area (Å²) in [6, 6.07) is 8.22. The number of ether oxygens (including phenoxy) is 1. The fourth-order valence-electron chi connectivity index (χ4n) is 1.58. The van der Waals surface area contributed by atoms with Crippen molar-refractivity contribution in [3.63, 3.8) is 0 Å². The second-order valence-corrected chi connectivity index (χ2v) is 3.37. The molecule has 0 N–H and O–H groups in total. The van der Waals surface area contributed by atoms with Crippen LogP contribution in [0.15, 0.2) is 24.3 Å². The van der Waals surface area contributed by atoms with E-state index in [1.165, 1.54) is 11.1 Å². The lowest BCUT2D eigenvalue weighted by molar-refractivity contribution is 0.395. The summed E-state index contributed by atoms with van der Waals surface area (Å²) < 4.78 is 5.23. The van der Waals surface area contributed by atoms with Crippen LogP contribution in [0.2, 0.25) is 0 Å². The molecule has 1 heteroatoms. The standard InChI is InChI=1S/C12H12O/c1-3-10(12-8-13-12)11-7-5-4-6-9(11)2/h1,4-7,10,12H,8H2,2H3. The predicted octanol–water partition coefficient (Wildman–Crippen LogP) is 2.11. The topological polar surface area (TPSA) is 12.5 Å². The Morgan fingerprint density at radius 3 is 2.77 bits per heavy atom. The summed E-state index contributed by atoms with van der Waals surface area (Å²) in [5.74, 6) is 2.94. The highest BCUT2D eigenvalue weighted by atomic mass is 16.6. The average molecular weight is 172 g/mol. The first-order valence-electron chi connectivity index (χ1n) is 4.46. The van der Waals surface area contributed by atoms with Crippen LogP contribution in [-0.4, -0.2) is 12.7 Å². The van der Waals surface area contributed by atoms with Gasteiger partial charge in [-0.3, -0.25) is 0 Å². The lowest BCUT2D eigenvalue weighted by Crippen LogP contribution is -2.05. The largest absolute Gasteiger partial charge is 0.371 e. The molecule has 1 aromatic rings. The van der Waals surface area contributed by atoms with Gasteiger partial charge >= 0.3 is 0 Å². The van der Waals surface area contributed by atoms with Crippen LogP contribution in [0.25, 0.3) is 0 Å². The van der Waals surface area contributed by atoms with Gasteiger partial charge in [0.25, 0.3) is 0 Å². The molecule has 0 spiro atoms. The van der Waals surface area contributed by atoms with Crippen molar-refractivity contribution in [1.82, 2.24) is 0 Å². The van der Waals surface area contributed by atoms with Crippen LogP contribution < -0.4 is 0 Å². The van der Waals surface area contributed by atoms with Gasteiger partial charge in [0.05, 0.1) is 18.6 Å². The molecule has 0 aliphatic carbocycles. The Morgan fingerprint density at radius 1 is 1.54 bits per heavy atom. The van der Waals surface area contributed by atoms with Crippen LogP contribution in [0.4, 0.5) is 0 Å². The molecular weight excluding hydrogens is 160 g/mol. The van der Waals surface area contributed by atoms with Crippen molar-refractivity contribution >= 4 is 0 Å². The molecule has 2 rings (SSSR count). The molecule has 0 saturated carbocycles. The number of hydrogen-bond acceptors (Lipinski definition) is 1. The molecule has 13 heavy (non-hydrogen) atoms. The maximum absolute atomic E-state index is 5.48. The van der Waals surface area contributed by atoms with E-state index in [1.807, 2.05) is 12.1 Å². The molecule has 2 unspecified atom stereocenters. The van der Waals surface area contributed by atoms with E-state index in [2.05, 4.69) is 25.0 Å². The SMILES string of the molecule is C#CC(c1ccccc1C)C1CO1. The van der Waals surface area contributed by atoms with Crippen LogP contribution in [0.5, 0.6) is 0 Å².